The lowest BCUT2D eigenvalue weighted by Gasteiger charge is -2.72. The molecule has 3 saturated heterocycles. The number of fused-ring (bicyclic) bond motifs is 7. The lowest BCUT2D eigenvalue weighted by Crippen LogP contribution is -2.69. The summed E-state index contributed by atoms with van der Waals surface area (Å²) in [5, 5.41) is 129. The van der Waals surface area contributed by atoms with Crippen molar-refractivity contribution in [1.82, 2.24) is 0 Å². The molecule has 0 aromatic carbocycles. The van der Waals surface area contributed by atoms with Gasteiger partial charge in [0.2, 0.25) is 0 Å². The highest BCUT2D eigenvalue weighted by atomic mass is 16.8. The first kappa shape index (κ1) is 50.4. The average molecular weight is 931 g/mol. The van der Waals surface area contributed by atoms with Crippen LogP contribution in [0.3, 0.4) is 0 Å². The summed E-state index contributed by atoms with van der Waals surface area (Å²) in [6.07, 6.45) is -15.2. The van der Waals surface area contributed by atoms with E-state index in [2.05, 4.69) is 33.8 Å². The van der Waals surface area contributed by atoms with Gasteiger partial charge < -0.3 is 89.7 Å². The van der Waals surface area contributed by atoms with Crippen molar-refractivity contribution in [3.8, 4) is 0 Å². The van der Waals surface area contributed by atoms with Crippen molar-refractivity contribution < 1.29 is 89.7 Å². The molecule has 0 radical (unpaired) electrons. The molecular weight excluding hydrogens is 852 g/mol. The van der Waals surface area contributed by atoms with Gasteiger partial charge in [0, 0.05) is 10.8 Å². The van der Waals surface area contributed by atoms with E-state index in [-0.39, 0.29) is 47.2 Å². The van der Waals surface area contributed by atoms with Crippen molar-refractivity contribution in [3.63, 3.8) is 0 Å². The Hall–Kier alpha value is -0.980. The molecule has 65 heavy (non-hydrogen) atoms. The monoisotopic (exact) mass is 931 g/mol. The summed E-state index contributed by atoms with van der Waals surface area (Å²) >= 11 is 0. The molecule has 0 aromatic rings. The molecule has 5 aliphatic carbocycles. The molecule has 374 valence electrons. The Morgan fingerprint density at radius 2 is 1.25 bits per heavy atom. The maximum absolute atomic E-state index is 12.0. The number of ether oxygens (including phenoxy) is 6. The summed E-state index contributed by atoms with van der Waals surface area (Å²) in [7, 11) is 0. The highest BCUT2D eigenvalue weighted by Crippen LogP contribution is 2.76. The fraction of sp³-hybridized carbons (Fsp3) is 0.957. The van der Waals surface area contributed by atoms with Gasteiger partial charge in [0.25, 0.3) is 0 Å². The van der Waals surface area contributed by atoms with Gasteiger partial charge >= 0.3 is 0 Å². The molecule has 0 amide bonds. The highest BCUT2D eigenvalue weighted by Gasteiger charge is 2.71. The van der Waals surface area contributed by atoms with E-state index in [9.17, 15) is 61.3 Å². The molecule has 18 heteroatoms. The minimum atomic E-state index is -1.81. The minimum Gasteiger partial charge on any atom is -0.396 e. The molecule has 0 unspecified atom stereocenters. The molecule has 0 aromatic heterocycles. The quantitative estimate of drug-likeness (QED) is 0.0995. The van der Waals surface area contributed by atoms with E-state index in [0.717, 1.165) is 44.9 Å². The molecular formula is C47H78O18. The molecule has 0 bridgehead atoms. The Labute approximate surface area is 381 Å². The first-order valence-corrected chi connectivity index (χ1v) is 23.9. The van der Waals surface area contributed by atoms with Crippen molar-refractivity contribution in [2.45, 2.75) is 204 Å². The zero-order chi connectivity index (χ0) is 47.6. The van der Waals surface area contributed by atoms with Crippen molar-refractivity contribution in [1.29, 1.82) is 0 Å². The van der Waals surface area contributed by atoms with Crippen LogP contribution in [0.15, 0.2) is 11.6 Å². The van der Waals surface area contributed by atoms with E-state index in [1.54, 1.807) is 0 Å². The third kappa shape index (κ3) is 7.66. The Balaban J connectivity index is 1.06. The second-order valence-corrected chi connectivity index (χ2v) is 23.1. The number of hydrogen-bond donors (Lipinski definition) is 12. The van der Waals surface area contributed by atoms with E-state index in [0.29, 0.717) is 6.42 Å². The van der Waals surface area contributed by atoms with Crippen molar-refractivity contribution in [2.75, 3.05) is 26.4 Å². The third-order valence-corrected chi connectivity index (χ3v) is 19.4. The van der Waals surface area contributed by atoms with Gasteiger partial charge in [0.05, 0.1) is 44.7 Å². The topological polar surface area (TPSA) is 298 Å². The van der Waals surface area contributed by atoms with Crippen LogP contribution in [0.2, 0.25) is 0 Å². The zero-order valence-corrected chi connectivity index (χ0v) is 38.9. The fourth-order valence-electron chi connectivity index (χ4n) is 15.0. The first-order valence-electron chi connectivity index (χ1n) is 23.9. The van der Waals surface area contributed by atoms with Gasteiger partial charge in [-0.25, -0.2) is 0 Å². The Morgan fingerprint density at radius 3 is 1.89 bits per heavy atom. The second kappa shape index (κ2) is 17.7. The van der Waals surface area contributed by atoms with Crippen molar-refractivity contribution >= 4 is 0 Å². The van der Waals surface area contributed by atoms with Crippen LogP contribution in [0.25, 0.3) is 0 Å². The van der Waals surface area contributed by atoms with E-state index >= 15 is 0 Å². The van der Waals surface area contributed by atoms with Crippen LogP contribution in [-0.2, 0) is 28.4 Å². The Kier molecular flexibility index (Phi) is 13.7. The van der Waals surface area contributed by atoms with Crippen molar-refractivity contribution in [3.05, 3.63) is 11.6 Å². The summed E-state index contributed by atoms with van der Waals surface area (Å²) in [5.74, 6) is 0.191. The van der Waals surface area contributed by atoms with E-state index < -0.39 is 134 Å². The van der Waals surface area contributed by atoms with E-state index in [4.69, 9.17) is 28.4 Å². The zero-order valence-electron chi connectivity index (χ0n) is 38.9. The van der Waals surface area contributed by atoms with E-state index in [1.165, 1.54) is 5.57 Å². The van der Waals surface area contributed by atoms with Gasteiger partial charge in [0.1, 0.15) is 67.1 Å². The lowest BCUT2D eigenvalue weighted by atomic mass is 9.33. The lowest BCUT2D eigenvalue weighted by molar-refractivity contribution is -0.379. The fourth-order valence-corrected chi connectivity index (χ4v) is 15.0. The van der Waals surface area contributed by atoms with Gasteiger partial charge in [-0.1, -0.05) is 60.1 Å². The number of aliphatic hydroxyl groups is 12. The van der Waals surface area contributed by atoms with E-state index in [1.807, 2.05) is 20.8 Å². The summed E-state index contributed by atoms with van der Waals surface area (Å²) < 4.78 is 36.6. The maximum atomic E-state index is 12.0. The molecule has 12 N–H and O–H groups in total. The third-order valence-electron chi connectivity index (χ3n) is 19.4. The smallest absolute Gasteiger partial charge is 0.187 e. The van der Waals surface area contributed by atoms with Crippen LogP contribution in [0, 0.1) is 50.2 Å². The summed E-state index contributed by atoms with van der Waals surface area (Å²) in [4.78, 5) is 0. The molecule has 0 spiro atoms. The summed E-state index contributed by atoms with van der Waals surface area (Å²) in [5.41, 5.74) is -1.26. The van der Waals surface area contributed by atoms with Crippen molar-refractivity contribution in [2.24, 2.45) is 50.2 Å². The average Bonchev–Trinajstić information content (AvgIpc) is 3.26. The predicted octanol–water partition coefficient (Wildman–Crippen LogP) is -0.805. The SMILES string of the molecule is CC1(C)C[C@H]2C3=CC[C@@H]4[C@@]5(C)CC[C@H](O[C@@H]6O[C@H](CO)[C@@H](O)[C@H](O)[C@H]6O[C@@H]6O[C@H](CO)[C@H](O)[C@H](O)[C@H]6O)[C@](C)(CO)[C@@H]5CC[C@@]4(C)[C@]3(C)CC[C@@]2(C)[C@H](O[C@@H]2OC[C@H](O)[C@H](O)[C@H]2O)[C@@H]1O. The molecule has 4 saturated carbocycles. The first-order chi connectivity index (χ1) is 30.4. The molecule has 3 aliphatic heterocycles. The number of allylic oxidation sites excluding steroid dienone is 2. The van der Waals surface area contributed by atoms with Crippen LogP contribution in [0.4, 0.5) is 0 Å². The van der Waals surface area contributed by atoms with Crippen LogP contribution in [0.5, 0.6) is 0 Å². The Morgan fingerprint density at radius 1 is 0.615 bits per heavy atom. The molecule has 25 atom stereocenters. The summed E-state index contributed by atoms with van der Waals surface area (Å²) in [6.45, 7) is 13.6. The second-order valence-electron chi connectivity index (χ2n) is 23.1. The van der Waals surface area contributed by atoms with Crippen LogP contribution >= 0.6 is 0 Å². The minimum absolute atomic E-state index is 0.0290. The Bertz CT molecular complexity index is 1730. The number of aliphatic hydroxyl groups excluding tert-OH is 12. The normalized spacial score (nSPS) is 56.7. The molecule has 8 rings (SSSR count). The number of hydrogen-bond acceptors (Lipinski definition) is 18. The standard InChI is InChI=1S/C47H78O18/c1-42(2)16-22-21-8-9-27-44(4)12-11-28(63-41-36(33(56)31(54)25(18-49)62-41)64-40-35(58)32(55)30(53)24(17-48)61-40)45(5,20-50)26(44)10-13-47(27,7)46(21,6)15-14-43(22,3)38(37(42)59)65-39-34(57)29(52)23(51)19-60-39/h8,22-41,48-59H,9-20H2,1-7H3/t22-,23-,24+,25+,26+,27+,28-,29-,30-,31+,32-,33-,34+,35+,36+,37-,38+,39-,40-,41-,43+,44-,45+,46+,47+/m0/s1. The molecule has 7 fully saturated rings. The molecule has 8 aliphatic rings. The van der Waals surface area contributed by atoms with Gasteiger partial charge in [-0.3, -0.25) is 0 Å². The predicted molar refractivity (Wildman–Crippen MR) is 227 cm³/mol. The highest BCUT2D eigenvalue weighted by molar-refractivity contribution is 5.35. The van der Waals surface area contributed by atoms with Crippen LogP contribution in [0.1, 0.15) is 99.8 Å². The van der Waals surface area contributed by atoms with Crippen LogP contribution < -0.4 is 0 Å². The molecule has 3 heterocycles. The summed E-state index contributed by atoms with van der Waals surface area (Å²) in [6, 6.07) is 0. The van der Waals surface area contributed by atoms with Gasteiger partial charge in [-0.15, -0.1) is 0 Å². The van der Waals surface area contributed by atoms with Crippen LogP contribution in [-0.4, -0.2) is 192 Å². The number of rotatable bonds is 9. The van der Waals surface area contributed by atoms with Gasteiger partial charge in [0.15, 0.2) is 18.9 Å². The molecule has 18 nitrogen and oxygen atoms in total. The van der Waals surface area contributed by atoms with Gasteiger partial charge in [-0.2, -0.15) is 0 Å². The van der Waals surface area contributed by atoms with Gasteiger partial charge in [-0.05, 0) is 90.8 Å². The maximum Gasteiger partial charge on any atom is 0.187 e. The largest absolute Gasteiger partial charge is 0.396 e.